The number of carboxylic acid groups (broad SMARTS) is 1. The van der Waals surface area contributed by atoms with E-state index in [1.165, 1.54) is 0 Å². The molecule has 0 aromatic heterocycles. The van der Waals surface area contributed by atoms with E-state index in [0.717, 1.165) is 18.4 Å². The molecule has 16 heavy (non-hydrogen) atoms. The van der Waals surface area contributed by atoms with E-state index in [2.05, 4.69) is 0 Å². The van der Waals surface area contributed by atoms with Crippen molar-refractivity contribution in [1.82, 2.24) is 0 Å². The molecule has 0 saturated heterocycles. The van der Waals surface area contributed by atoms with Gasteiger partial charge in [0.25, 0.3) is 0 Å². The molecule has 0 heterocycles. The molecule has 0 spiro atoms. The number of carboxylic acids is 1. The van der Waals surface area contributed by atoms with Crippen molar-refractivity contribution in [1.29, 1.82) is 0 Å². The van der Waals surface area contributed by atoms with Crippen LogP contribution in [0.3, 0.4) is 0 Å². The predicted octanol–water partition coefficient (Wildman–Crippen LogP) is 4.35. The zero-order chi connectivity index (χ0) is 12.1. The van der Waals surface area contributed by atoms with Crippen LogP contribution in [0.25, 0.3) is 0 Å². The maximum atomic E-state index is 10.8. The number of aliphatic carboxylic acids is 1. The Labute approximate surface area is 105 Å². The number of carbonyl (C=O) groups is 1. The lowest BCUT2D eigenvalue weighted by Gasteiger charge is -2.16. The topological polar surface area (TPSA) is 37.3 Å². The van der Waals surface area contributed by atoms with E-state index in [0.29, 0.717) is 10.0 Å². The predicted molar refractivity (Wildman–Crippen MR) is 66.4 cm³/mol. The number of hydrogen-bond acceptors (Lipinski definition) is 1. The summed E-state index contributed by atoms with van der Waals surface area (Å²) in [5, 5.41) is 10.0. The van der Waals surface area contributed by atoms with Gasteiger partial charge in [-0.1, -0.05) is 36.5 Å². The van der Waals surface area contributed by atoms with Gasteiger partial charge in [0.05, 0.1) is 6.42 Å². The Balaban J connectivity index is 2.99. The third kappa shape index (κ3) is 3.69. The van der Waals surface area contributed by atoms with E-state index < -0.39 is 5.97 Å². The van der Waals surface area contributed by atoms with Crippen LogP contribution in [-0.4, -0.2) is 11.1 Å². The van der Waals surface area contributed by atoms with E-state index in [1.54, 1.807) is 18.2 Å². The van der Waals surface area contributed by atoms with Crippen molar-refractivity contribution in [2.75, 3.05) is 0 Å². The Morgan fingerprint density at radius 1 is 1.44 bits per heavy atom. The van der Waals surface area contributed by atoms with Crippen LogP contribution in [0.4, 0.5) is 0 Å². The molecule has 0 aliphatic rings. The molecule has 0 amide bonds. The minimum absolute atomic E-state index is 0.0614. The van der Waals surface area contributed by atoms with E-state index in [9.17, 15) is 4.79 Å². The third-order valence-electron chi connectivity index (χ3n) is 2.46. The van der Waals surface area contributed by atoms with E-state index >= 15 is 0 Å². The highest BCUT2D eigenvalue weighted by Gasteiger charge is 2.17. The number of rotatable bonds is 5. The van der Waals surface area contributed by atoms with Crippen LogP contribution in [0.1, 0.15) is 37.7 Å². The lowest BCUT2D eigenvalue weighted by molar-refractivity contribution is -0.137. The third-order valence-corrected chi connectivity index (χ3v) is 3.04. The maximum absolute atomic E-state index is 10.8. The highest BCUT2D eigenvalue weighted by atomic mass is 35.5. The molecule has 1 rings (SSSR count). The molecule has 0 aliphatic heterocycles. The average molecular weight is 261 g/mol. The van der Waals surface area contributed by atoms with Crippen molar-refractivity contribution in [3.63, 3.8) is 0 Å². The van der Waals surface area contributed by atoms with Gasteiger partial charge in [-0.25, -0.2) is 0 Å². The summed E-state index contributed by atoms with van der Waals surface area (Å²) in [5.41, 5.74) is 0.832. The summed E-state index contributed by atoms with van der Waals surface area (Å²) in [6.07, 6.45) is 1.81. The average Bonchev–Trinajstić information content (AvgIpc) is 2.20. The minimum atomic E-state index is -0.811. The zero-order valence-electron chi connectivity index (χ0n) is 9.04. The molecular formula is C12H14Cl2O2. The lowest BCUT2D eigenvalue weighted by atomic mass is 9.91. The molecular weight excluding hydrogens is 247 g/mol. The van der Waals surface area contributed by atoms with Crippen molar-refractivity contribution in [3.05, 3.63) is 33.8 Å². The lowest BCUT2D eigenvalue weighted by Crippen LogP contribution is -2.06. The van der Waals surface area contributed by atoms with Gasteiger partial charge in [0.2, 0.25) is 0 Å². The quantitative estimate of drug-likeness (QED) is 0.855. The highest BCUT2D eigenvalue weighted by molar-refractivity contribution is 6.33. The van der Waals surface area contributed by atoms with Crippen LogP contribution in [0, 0.1) is 0 Å². The van der Waals surface area contributed by atoms with Crippen molar-refractivity contribution >= 4 is 29.2 Å². The number of hydrogen-bond donors (Lipinski definition) is 1. The fourth-order valence-electron chi connectivity index (χ4n) is 1.75. The molecule has 1 atom stereocenters. The van der Waals surface area contributed by atoms with Crippen LogP contribution < -0.4 is 0 Å². The smallest absolute Gasteiger partial charge is 0.303 e. The van der Waals surface area contributed by atoms with Crippen LogP contribution >= 0.6 is 23.2 Å². The monoisotopic (exact) mass is 260 g/mol. The first-order valence-electron chi connectivity index (χ1n) is 5.21. The molecule has 4 heteroatoms. The van der Waals surface area contributed by atoms with Gasteiger partial charge in [0.1, 0.15) is 0 Å². The molecule has 0 bridgehead atoms. The molecule has 0 fully saturated rings. The van der Waals surface area contributed by atoms with Crippen LogP contribution in [0.2, 0.25) is 10.0 Å². The first-order chi connectivity index (χ1) is 7.54. The summed E-state index contributed by atoms with van der Waals surface area (Å²) >= 11 is 12.0. The van der Waals surface area contributed by atoms with E-state index in [4.69, 9.17) is 28.3 Å². The standard InChI is InChI=1S/C12H14Cl2O2/c1-2-3-8(6-12(15)16)10-7-9(13)4-5-11(10)14/h4-5,7-8H,2-3,6H2,1H3,(H,15,16). The summed E-state index contributed by atoms with van der Waals surface area (Å²) < 4.78 is 0. The summed E-state index contributed by atoms with van der Waals surface area (Å²) in [4.78, 5) is 10.8. The fourth-order valence-corrected chi connectivity index (χ4v) is 2.21. The second-order valence-electron chi connectivity index (χ2n) is 3.75. The molecule has 1 aromatic carbocycles. The van der Waals surface area contributed by atoms with Crippen LogP contribution in [-0.2, 0) is 4.79 Å². The van der Waals surface area contributed by atoms with Gasteiger partial charge < -0.3 is 5.11 Å². The first kappa shape index (κ1) is 13.3. The van der Waals surface area contributed by atoms with Crippen molar-refractivity contribution < 1.29 is 9.90 Å². The first-order valence-corrected chi connectivity index (χ1v) is 5.97. The molecule has 1 N–H and O–H groups in total. The Kier molecular flexibility index (Phi) is 5.10. The van der Waals surface area contributed by atoms with Crippen molar-refractivity contribution in [2.45, 2.75) is 32.1 Å². The summed E-state index contributed by atoms with van der Waals surface area (Å²) in [6, 6.07) is 5.17. The molecule has 0 aliphatic carbocycles. The SMILES string of the molecule is CCCC(CC(=O)O)c1cc(Cl)ccc1Cl. The van der Waals surface area contributed by atoms with Gasteiger partial charge in [-0.15, -0.1) is 0 Å². The van der Waals surface area contributed by atoms with Crippen molar-refractivity contribution in [2.24, 2.45) is 0 Å². The van der Waals surface area contributed by atoms with Gasteiger partial charge in [-0.2, -0.15) is 0 Å². The zero-order valence-corrected chi connectivity index (χ0v) is 10.6. The minimum Gasteiger partial charge on any atom is -0.481 e. The molecule has 0 saturated carbocycles. The molecule has 2 nitrogen and oxygen atoms in total. The summed E-state index contributed by atoms with van der Waals surface area (Å²) in [7, 11) is 0. The Hall–Kier alpha value is -0.730. The Morgan fingerprint density at radius 2 is 2.12 bits per heavy atom. The highest BCUT2D eigenvalue weighted by Crippen LogP contribution is 2.32. The Morgan fingerprint density at radius 3 is 2.69 bits per heavy atom. The van der Waals surface area contributed by atoms with Crippen LogP contribution in [0.5, 0.6) is 0 Å². The summed E-state index contributed by atoms with van der Waals surface area (Å²) in [6.45, 7) is 2.02. The largest absolute Gasteiger partial charge is 0.481 e. The Bertz CT molecular complexity index is 377. The van der Waals surface area contributed by atoms with Gasteiger partial charge >= 0.3 is 5.97 Å². The fraction of sp³-hybridized carbons (Fsp3) is 0.417. The van der Waals surface area contributed by atoms with E-state index in [-0.39, 0.29) is 12.3 Å². The molecule has 0 radical (unpaired) electrons. The number of benzene rings is 1. The van der Waals surface area contributed by atoms with Crippen LogP contribution in [0.15, 0.2) is 18.2 Å². The number of halogens is 2. The van der Waals surface area contributed by atoms with Gasteiger partial charge in [0.15, 0.2) is 0 Å². The van der Waals surface area contributed by atoms with Gasteiger partial charge in [0, 0.05) is 10.0 Å². The maximum Gasteiger partial charge on any atom is 0.303 e. The molecule has 88 valence electrons. The summed E-state index contributed by atoms with van der Waals surface area (Å²) in [5.74, 6) is -0.872. The normalized spacial score (nSPS) is 12.4. The van der Waals surface area contributed by atoms with Gasteiger partial charge in [-0.05, 0) is 36.1 Å². The second kappa shape index (κ2) is 6.12. The molecule has 1 unspecified atom stereocenters. The van der Waals surface area contributed by atoms with Crippen molar-refractivity contribution in [3.8, 4) is 0 Å². The van der Waals surface area contributed by atoms with Gasteiger partial charge in [-0.3, -0.25) is 4.79 Å². The van der Waals surface area contributed by atoms with E-state index in [1.807, 2.05) is 6.92 Å². The molecule has 1 aromatic rings. The second-order valence-corrected chi connectivity index (χ2v) is 4.59.